The van der Waals surface area contributed by atoms with Crippen molar-refractivity contribution >= 4 is 11.6 Å². The molecule has 0 spiro atoms. The Kier molecular flexibility index (Phi) is 10.8. The number of alkyl halides is 1. The molecule has 0 amide bonds. The zero-order valence-corrected chi connectivity index (χ0v) is 10.7. The van der Waals surface area contributed by atoms with Gasteiger partial charge in [0.1, 0.15) is 0 Å². The highest BCUT2D eigenvalue weighted by atomic mass is 35.5. The summed E-state index contributed by atoms with van der Waals surface area (Å²) < 4.78 is 5.03. The summed E-state index contributed by atoms with van der Waals surface area (Å²) in [6, 6.07) is 0. The molecule has 3 nitrogen and oxygen atoms in total. The lowest BCUT2D eigenvalue weighted by atomic mass is 10.1. The normalized spacial score (nSPS) is 13.4. The van der Waals surface area contributed by atoms with Crippen LogP contribution in [0.5, 0.6) is 0 Å². The zero-order valence-electron chi connectivity index (χ0n) is 9.91. The average molecular weight is 238 g/mol. The Morgan fingerprint density at radius 2 is 2.00 bits per heavy atom. The van der Waals surface area contributed by atoms with Gasteiger partial charge in [-0.25, -0.2) is 0 Å². The molecule has 92 valence electrons. The highest BCUT2D eigenvalue weighted by Crippen LogP contribution is 2.09. The molecule has 1 atom stereocenters. The Hall–Kier alpha value is 0.170. The maximum absolute atomic E-state index is 8.90. The van der Waals surface area contributed by atoms with Crippen LogP contribution in [0.1, 0.15) is 19.8 Å². The van der Waals surface area contributed by atoms with Gasteiger partial charge in [0.25, 0.3) is 0 Å². The topological polar surface area (TPSA) is 32.7 Å². The molecule has 0 rings (SSSR count). The summed E-state index contributed by atoms with van der Waals surface area (Å²) in [5.74, 6) is 1.39. The third-order valence-corrected chi connectivity index (χ3v) is 2.79. The molecule has 0 bridgehead atoms. The minimum absolute atomic E-state index is 0.216. The number of hydrogen-bond acceptors (Lipinski definition) is 3. The van der Waals surface area contributed by atoms with Gasteiger partial charge in [-0.05, 0) is 25.3 Å². The molecule has 0 heterocycles. The van der Waals surface area contributed by atoms with Crippen LogP contribution in [-0.4, -0.2) is 55.8 Å². The molecule has 0 aliphatic rings. The van der Waals surface area contributed by atoms with Gasteiger partial charge in [0.15, 0.2) is 0 Å². The Morgan fingerprint density at radius 1 is 1.27 bits per heavy atom. The molecule has 0 aromatic rings. The lowest BCUT2D eigenvalue weighted by Gasteiger charge is -2.22. The van der Waals surface area contributed by atoms with E-state index >= 15 is 0 Å². The van der Waals surface area contributed by atoms with Gasteiger partial charge in [-0.3, -0.25) is 4.90 Å². The van der Waals surface area contributed by atoms with E-state index in [2.05, 4.69) is 11.8 Å². The number of aliphatic hydroxyl groups excluding tert-OH is 1. The maximum Gasteiger partial charge on any atom is 0.0589 e. The Balaban J connectivity index is 3.63. The first kappa shape index (κ1) is 15.2. The van der Waals surface area contributed by atoms with E-state index in [9.17, 15) is 0 Å². The summed E-state index contributed by atoms with van der Waals surface area (Å²) in [5, 5.41) is 8.90. The van der Waals surface area contributed by atoms with Crippen molar-refractivity contribution in [3.8, 4) is 0 Å². The molecule has 1 unspecified atom stereocenters. The van der Waals surface area contributed by atoms with E-state index in [4.69, 9.17) is 21.4 Å². The van der Waals surface area contributed by atoms with Crippen molar-refractivity contribution in [3.05, 3.63) is 0 Å². The standard InChI is InChI=1S/C11H24ClNO2/c1-11(3-5-12)4-6-13(7-9-14)8-10-15-2/h11,14H,3-10H2,1-2H3. The van der Waals surface area contributed by atoms with Crippen LogP contribution in [-0.2, 0) is 4.74 Å². The Morgan fingerprint density at radius 3 is 2.53 bits per heavy atom. The summed E-state index contributed by atoms with van der Waals surface area (Å²) in [6.45, 7) is 5.80. The molecule has 0 aliphatic heterocycles. The number of nitrogens with zero attached hydrogens (tertiary/aromatic N) is 1. The minimum atomic E-state index is 0.216. The van der Waals surface area contributed by atoms with Crippen molar-refractivity contribution in [2.45, 2.75) is 19.8 Å². The van der Waals surface area contributed by atoms with Gasteiger partial charge in [-0.15, -0.1) is 11.6 Å². The summed E-state index contributed by atoms with van der Waals surface area (Å²) in [5.41, 5.74) is 0. The lowest BCUT2D eigenvalue weighted by Crippen LogP contribution is -2.32. The Labute approximate surface area is 98.4 Å². The van der Waals surface area contributed by atoms with Crippen LogP contribution in [0.3, 0.4) is 0 Å². The number of rotatable bonds is 10. The fourth-order valence-electron chi connectivity index (χ4n) is 1.43. The van der Waals surface area contributed by atoms with Gasteiger partial charge in [0.05, 0.1) is 13.2 Å². The molecule has 4 heteroatoms. The second kappa shape index (κ2) is 10.7. The number of hydrogen-bond donors (Lipinski definition) is 1. The van der Waals surface area contributed by atoms with Crippen molar-refractivity contribution in [3.63, 3.8) is 0 Å². The molecule has 15 heavy (non-hydrogen) atoms. The number of ether oxygens (including phenoxy) is 1. The number of aliphatic hydroxyl groups is 1. The van der Waals surface area contributed by atoms with E-state index in [1.807, 2.05) is 0 Å². The van der Waals surface area contributed by atoms with E-state index in [-0.39, 0.29) is 6.61 Å². The Bertz CT molecular complexity index is 136. The van der Waals surface area contributed by atoms with Gasteiger partial charge >= 0.3 is 0 Å². The molecule has 0 aromatic heterocycles. The van der Waals surface area contributed by atoms with Crippen LogP contribution < -0.4 is 0 Å². The number of methoxy groups -OCH3 is 1. The molecule has 0 fully saturated rings. The largest absolute Gasteiger partial charge is 0.395 e. The first-order chi connectivity index (χ1) is 7.24. The fourth-order valence-corrected chi connectivity index (χ4v) is 1.80. The van der Waals surface area contributed by atoms with E-state index in [0.717, 1.165) is 45.0 Å². The van der Waals surface area contributed by atoms with Crippen molar-refractivity contribution in [1.29, 1.82) is 0 Å². The van der Waals surface area contributed by atoms with Crippen LogP contribution in [0, 0.1) is 5.92 Å². The molecule has 0 aromatic carbocycles. The van der Waals surface area contributed by atoms with Crippen molar-refractivity contribution in [1.82, 2.24) is 4.90 Å². The SMILES string of the molecule is COCCN(CCO)CCC(C)CCCl. The summed E-state index contributed by atoms with van der Waals surface area (Å²) in [6.07, 6.45) is 2.20. The summed E-state index contributed by atoms with van der Waals surface area (Å²) >= 11 is 5.68. The van der Waals surface area contributed by atoms with E-state index in [0.29, 0.717) is 5.92 Å². The quantitative estimate of drug-likeness (QED) is 0.586. The van der Waals surface area contributed by atoms with Gasteiger partial charge < -0.3 is 9.84 Å². The second-order valence-electron chi connectivity index (χ2n) is 3.93. The lowest BCUT2D eigenvalue weighted by molar-refractivity contribution is 0.127. The van der Waals surface area contributed by atoms with Gasteiger partial charge in [-0.2, -0.15) is 0 Å². The van der Waals surface area contributed by atoms with E-state index in [1.54, 1.807) is 7.11 Å². The molecule has 1 N–H and O–H groups in total. The zero-order chi connectivity index (χ0) is 11.5. The van der Waals surface area contributed by atoms with Gasteiger partial charge in [0.2, 0.25) is 0 Å². The summed E-state index contributed by atoms with van der Waals surface area (Å²) in [4.78, 5) is 2.23. The predicted molar refractivity (Wildman–Crippen MR) is 64.5 cm³/mol. The van der Waals surface area contributed by atoms with Crippen molar-refractivity contribution in [2.24, 2.45) is 5.92 Å². The molecule has 0 saturated carbocycles. The summed E-state index contributed by atoms with van der Waals surface area (Å²) in [7, 11) is 1.70. The van der Waals surface area contributed by atoms with Gasteiger partial charge in [0, 0.05) is 26.1 Å². The van der Waals surface area contributed by atoms with Crippen LogP contribution >= 0.6 is 11.6 Å². The van der Waals surface area contributed by atoms with Crippen LogP contribution in [0.4, 0.5) is 0 Å². The third kappa shape index (κ3) is 9.12. The molecule has 0 saturated heterocycles. The van der Waals surface area contributed by atoms with Crippen molar-refractivity contribution in [2.75, 3.05) is 45.8 Å². The predicted octanol–water partition coefficient (Wildman–Crippen LogP) is 1.58. The third-order valence-electron chi connectivity index (χ3n) is 2.57. The molecular formula is C11H24ClNO2. The fraction of sp³-hybridized carbons (Fsp3) is 1.00. The molecule has 0 radical (unpaired) electrons. The van der Waals surface area contributed by atoms with Crippen LogP contribution in [0.15, 0.2) is 0 Å². The van der Waals surface area contributed by atoms with Crippen LogP contribution in [0.25, 0.3) is 0 Å². The molecule has 0 aliphatic carbocycles. The monoisotopic (exact) mass is 237 g/mol. The van der Waals surface area contributed by atoms with Gasteiger partial charge in [-0.1, -0.05) is 6.92 Å². The first-order valence-corrected chi connectivity index (χ1v) is 6.16. The molecular weight excluding hydrogens is 214 g/mol. The second-order valence-corrected chi connectivity index (χ2v) is 4.31. The number of halogens is 1. The highest BCUT2D eigenvalue weighted by molar-refractivity contribution is 6.17. The highest BCUT2D eigenvalue weighted by Gasteiger charge is 2.07. The van der Waals surface area contributed by atoms with E-state index in [1.165, 1.54) is 0 Å². The smallest absolute Gasteiger partial charge is 0.0589 e. The van der Waals surface area contributed by atoms with Crippen LogP contribution in [0.2, 0.25) is 0 Å². The van der Waals surface area contributed by atoms with Crippen molar-refractivity contribution < 1.29 is 9.84 Å². The maximum atomic E-state index is 8.90. The van der Waals surface area contributed by atoms with E-state index < -0.39 is 0 Å². The minimum Gasteiger partial charge on any atom is -0.395 e. The first-order valence-electron chi connectivity index (χ1n) is 5.62. The average Bonchev–Trinajstić information content (AvgIpc) is 2.22.